The topological polar surface area (TPSA) is 44.5 Å². The van der Waals surface area contributed by atoms with E-state index in [0.29, 0.717) is 5.75 Å². The van der Waals surface area contributed by atoms with E-state index in [1.165, 1.54) is 46.3 Å². The summed E-state index contributed by atoms with van der Waals surface area (Å²) in [6.45, 7) is 2.72. The maximum Gasteiger partial charge on any atom is 0.282 e. The summed E-state index contributed by atoms with van der Waals surface area (Å²) in [5.41, 5.74) is 3.90. The fourth-order valence-electron chi connectivity index (χ4n) is 1.55. The van der Waals surface area contributed by atoms with Crippen molar-refractivity contribution < 1.29 is 18.3 Å². The predicted octanol–water partition coefficient (Wildman–Crippen LogP) is 2.78. The molecule has 0 radical (unpaired) electrons. The number of alkyl halides is 2. The lowest BCUT2D eigenvalue weighted by Gasteiger charge is -2.34. The molecule has 0 aliphatic rings. The third kappa shape index (κ3) is 2.41. The summed E-state index contributed by atoms with van der Waals surface area (Å²) in [6.07, 6.45) is 0. The summed E-state index contributed by atoms with van der Waals surface area (Å²) in [5.74, 6) is -2.52. The van der Waals surface area contributed by atoms with Crippen LogP contribution in [0.15, 0.2) is 18.2 Å². The second-order valence-electron chi connectivity index (χ2n) is 4.73. The highest BCUT2D eigenvalue weighted by Crippen LogP contribution is 2.48. The third-order valence-electron chi connectivity index (χ3n) is 3.11. The van der Waals surface area contributed by atoms with Crippen molar-refractivity contribution in [1.29, 1.82) is 0 Å². The van der Waals surface area contributed by atoms with Crippen LogP contribution in [0.3, 0.4) is 0 Å². The lowest BCUT2D eigenvalue weighted by molar-refractivity contribution is -0.110. The lowest BCUT2D eigenvalue weighted by Crippen LogP contribution is -2.40. The number of hydrogen-bond donors (Lipinski definition) is 1. The Hall–Kier alpha value is -1.36. The Morgan fingerprint density at radius 2 is 1.78 bits per heavy atom. The highest BCUT2D eigenvalue weighted by Gasteiger charge is 2.48. The van der Waals surface area contributed by atoms with Crippen molar-refractivity contribution >= 4 is 0 Å². The molecule has 0 amide bonds. The molecule has 18 heavy (non-hydrogen) atoms. The van der Waals surface area contributed by atoms with Crippen molar-refractivity contribution in [3.8, 4) is 11.5 Å². The molecule has 102 valence electrons. The van der Waals surface area contributed by atoms with E-state index in [-0.39, 0.29) is 17.9 Å². The number of nitrogens with two attached hydrogens (primary N) is 1. The quantitative estimate of drug-likeness (QED) is 0.884. The van der Waals surface area contributed by atoms with E-state index in [1.54, 1.807) is 0 Å². The minimum absolute atomic E-state index is 0.0980. The van der Waals surface area contributed by atoms with Gasteiger partial charge in [-0.2, -0.15) is 0 Å². The van der Waals surface area contributed by atoms with Gasteiger partial charge in [-0.1, -0.05) is 13.8 Å². The number of hydrogen-bond acceptors (Lipinski definition) is 3. The number of rotatable bonds is 5. The molecule has 1 rings (SSSR count). The van der Waals surface area contributed by atoms with Crippen LogP contribution in [0.1, 0.15) is 19.4 Å². The summed E-state index contributed by atoms with van der Waals surface area (Å²) in [4.78, 5) is 0. The van der Waals surface area contributed by atoms with Crippen molar-refractivity contribution in [3.05, 3.63) is 23.8 Å². The standard InChI is InChI=1S/C13H19F2NO2/c1-12(2,8-16)13(14,15)10-6-5-9(17-3)7-11(10)18-4/h5-7H,8,16H2,1-4H3. The summed E-state index contributed by atoms with van der Waals surface area (Å²) in [7, 11) is 2.82. The van der Waals surface area contributed by atoms with E-state index < -0.39 is 11.3 Å². The summed E-state index contributed by atoms with van der Waals surface area (Å²) < 4.78 is 38.8. The molecular weight excluding hydrogens is 240 g/mol. The molecule has 0 heterocycles. The van der Waals surface area contributed by atoms with Crippen LogP contribution < -0.4 is 15.2 Å². The predicted molar refractivity (Wildman–Crippen MR) is 66.3 cm³/mol. The Labute approximate surface area is 106 Å². The van der Waals surface area contributed by atoms with Gasteiger partial charge in [-0.05, 0) is 12.1 Å². The van der Waals surface area contributed by atoms with Crippen molar-refractivity contribution in [2.24, 2.45) is 11.1 Å². The van der Waals surface area contributed by atoms with Crippen LogP contribution in [0, 0.1) is 5.41 Å². The Morgan fingerprint density at radius 1 is 1.17 bits per heavy atom. The molecule has 1 aromatic rings. The van der Waals surface area contributed by atoms with Gasteiger partial charge in [-0.15, -0.1) is 0 Å². The SMILES string of the molecule is COc1ccc(C(F)(F)C(C)(C)CN)c(OC)c1. The zero-order valence-electron chi connectivity index (χ0n) is 11.1. The molecule has 0 saturated heterocycles. The molecule has 0 aromatic heterocycles. The third-order valence-corrected chi connectivity index (χ3v) is 3.11. The molecule has 0 fully saturated rings. The molecule has 3 nitrogen and oxygen atoms in total. The summed E-state index contributed by atoms with van der Waals surface area (Å²) in [5, 5.41) is 0. The maximum atomic E-state index is 14.4. The van der Waals surface area contributed by atoms with Gasteiger partial charge in [0.15, 0.2) is 0 Å². The first-order valence-corrected chi connectivity index (χ1v) is 5.60. The molecule has 0 atom stereocenters. The normalized spacial score (nSPS) is 12.4. The largest absolute Gasteiger partial charge is 0.497 e. The van der Waals surface area contributed by atoms with Gasteiger partial charge >= 0.3 is 0 Å². The first-order valence-electron chi connectivity index (χ1n) is 5.60. The van der Waals surface area contributed by atoms with E-state index >= 15 is 0 Å². The average molecular weight is 259 g/mol. The van der Waals surface area contributed by atoms with E-state index in [2.05, 4.69) is 0 Å². The van der Waals surface area contributed by atoms with Gasteiger partial charge in [-0.3, -0.25) is 0 Å². The monoisotopic (exact) mass is 259 g/mol. The van der Waals surface area contributed by atoms with Gasteiger partial charge in [-0.25, -0.2) is 8.78 Å². The van der Waals surface area contributed by atoms with Gasteiger partial charge in [0.05, 0.1) is 19.8 Å². The maximum absolute atomic E-state index is 14.4. The highest BCUT2D eigenvalue weighted by molar-refractivity contribution is 5.43. The van der Waals surface area contributed by atoms with Gasteiger partial charge in [0.25, 0.3) is 5.92 Å². The molecule has 0 bridgehead atoms. The van der Waals surface area contributed by atoms with Gasteiger partial charge in [0, 0.05) is 18.0 Å². The minimum atomic E-state index is -3.08. The van der Waals surface area contributed by atoms with Crippen LogP contribution in [-0.2, 0) is 5.92 Å². The molecule has 0 spiro atoms. The molecule has 0 unspecified atom stereocenters. The first-order chi connectivity index (χ1) is 8.30. The van der Waals surface area contributed by atoms with Crippen molar-refractivity contribution in [1.82, 2.24) is 0 Å². The molecule has 0 aliphatic heterocycles. The fourth-order valence-corrected chi connectivity index (χ4v) is 1.55. The van der Waals surface area contributed by atoms with Crippen molar-refractivity contribution in [2.45, 2.75) is 19.8 Å². The smallest absolute Gasteiger partial charge is 0.282 e. The van der Waals surface area contributed by atoms with E-state index in [1.807, 2.05) is 0 Å². The first kappa shape index (κ1) is 14.7. The summed E-state index contributed by atoms with van der Waals surface area (Å²) >= 11 is 0. The molecule has 0 saturated carbocycles. The Kier molecular flexibility index (Phi) is 4.16. The molecule has 5 heteroatoms. The highest BCUT2D eigenvalue weighted by atomic mass is 19.3. The van der Waals surface area contributed by atoms with Crippen LogP contribution in [0.25, 0.3) is 0 Å². The van der Waals surface area contributed by atoms with Crippen molar-refractivity contribution in [2.75, 3.05) is 20.8 Å². The number of ether oxygens (including phenoxy) is 2. The lowest BCUT2D eigenvalue weighted by atomic mass is 9.81. The number of halogens is 2. The second-order valence-corrected chi connectivity index (χ2v) is 4.73. The van der Waals surface area contributed by atoms with Gasteiger partial charge in [0.2, 0.25) is 0 Å². The Balaban J connectivity index is 3.32. The van der Waals surface area contributed by atoms with Crippen LogP contribution >= 0.6 is 0 Å². The van der Waals surface area contributed by atoms with Gasteiger partial charge in [0.1, 0.15) is 11.5 Å². The molecule has 2 N–H and O–H groups in total. The molecule has 0 aliphatic carbocycles. The minimum Gasteiger partial charge on any atom is -0.497 e. The van der Waals surface area contributed by atoms with Crippen LogP contribution in [0.2, 0.25) is 0 Å². The second kappa shape index (κ2) is 5.10. The fraction of sp³-hybridized carbons (Fsp3) is 0.538. The molecule has 1 aromatic carbocycles. The number of benzene rings is 1. The molecular formula is C13H19F2NO2. The number of methoxy groups -OCH3 is 2. The van der Waals surface area contributed by atoms with Crippen LogP contribution in [-0.4, -0.2) is 20.8 Å². The Bertz CT molecular complexity index is 419. The van der Waals surface area contributed by atoms with Crippen LogP contribution in [0.4, 0.5) is 8.78 Å². The zero-order valence-corrected chi connectivity index (χ0v) is 11.1. The zero-order chi connectivity index (χ0) is 14.0. The Morgan fingerprint density at radius 3 is 2.22 bits per heavy atom. The van der Waals surface area contributed by atoms with Crippen LogP contribution in [0.5, 0.6) is 11.5 Å². The van der Waals surface area contributed by atoms with E-state index in [4.69, 9.17) is 15.2 Å². The van der Waals surface area contributed by atoms with Crippen molar-refractivity contribution in [3.63, 3.8) is 0 Å². The summed E-state index contributed by atoms with van der Waals surface area (Å²) in [6, 6.07) is 4.24. The van der Waals surface area contributed by atoms with Gasteiger partial charge < -0.3 is 15.2 Å². The van der Waals surface area contributed by atoms with E-state index in [0.717, 1.165) is 0 Å². The average Bonchev–Trinajstić information content (AvgIpc) is 2.37. The van der Waals surface area contributed by atoms with E-state index in [9.17, 15) is 8.78 Å².